The number of morpholine rings is 1. The van der Waals surface area contributed by atoms with Crippen LogP contribution in [0.1, 0.15) is 46.0 Å². The minimum atomic E-state index is -0.904. The van der Waals surface area contributed by atoms with Gasteiger partial charge in [0.15, 0.2) is 5.60 Å². The summed E-state index contributed by atoms with van der Waals surface area (Å²) < 4.78 is 5.64. The van der Waals surface area contributed by atoms with Crippen LogP contribution in [0.4, 0.5) is 0 Å². The minimum absolute atomic E-state index is 0.000365. The molecule has 5 heteroatoms. The van der Waals surface area contributed by atoms with Crippen molar-refractivity contribution < 1.29 is 14.3 Å². The second-order valence-electron chi connectivity index (χ2n) is 6.23. The summed E-state index contributed by atoms with van der Waals surface area (Å²) in [5.41, 5.74) is -0.904. The fourth-order valence-corrected chi connectivity index (χ4v) is 3.09. The van der Waals surface area contributed by atoms with Crippen LogP contribution in [0.3, 0.4) is 0 Å². The first kappa shape index (κ1) is 15.3. The molecule has 20 heavy (non-hydrogen) atoms. The van der Waals surface area contributed by atoms with Gasteiger partial charge in [0.1, 0.15) is 0 Å². The van der Waals surface area contributed by atoms with Crippen molar-refractivity contribution in [1.29, 1.82) is 0 Å². The van der Waals surface area contributed by atoms with E-state index >= 15 is 0 Å². The molecule has 1 saturated carbocycles. The Morgan fingerprint density at radius 2 is 2.00 bits per heavy atom. The van der Waals surface area contributed by atoms with Crippen molar-refractivity contribution in [3.63, 3.8) is 0 Å². The third-order valence-electron chi connectivity index (χ3n) is 4.48. The van der Waals surface area contributed by atoms with Crippen molar-refractivity contribution in [2.75, 3.05) is 26.2 Å². The van der Waals surface area contributed by atoms with Crippen LogP contribution in [-0.2, 0) is 14.3 Å². The fourth-order valence-electron chi connectivity index (χ4n) is 3.09. The normalized spacial score (nSPS) is 28.2. The van der Waals surface area contributed by atoms with E-state index in [1.54, 1.807) is 11.8 Å². The number of hydrogen-bond acceptors (Lipinski definition) is 3. The van der Waals surface area contributed by atoms with Crippen molar-refractivity contribution in [1.82, 2.24) is 10.2 Å². The highest BCUT2D eigenvalue weighted by atomic mass is 16.5. The van der Waals surface area contributed by atoms with E-state index in [1.807, 2.05) is 0 Å². The first-order valence-corrected chi connectivity index (χ1v) is 7.69. The zero-order valence-electron chi connectivity index (χ0n) is 12.6. The molecule has 0 bridgehead atoms. The maximum absolute atomic E-state index is 12.4. The quantitative estimate of drug-likeness (QED) is 0.849. The Balaban J connectivity index is 1.84. The number of carbonyl (C=O) groups excluding carboxylic acids is 2. The first-order chi connectivity index (χ1) is 9.51. The fraction of sp³-hybridized carbons (Fsp3) is 0.867. The van der Waals surface area contributed by atoms with Crippen LogP contribution in [0, 0.1) is 5.92 Å². The van der Waals surface area contributed by atoms with Crippen molar-refractivity contribution in [2.45, 2.75) is 51.6 Å². The van der Waals surface area contributed by atoms with E-state index in [0.717, 1.165) is 6.54 Å². The summed E-state index contributed by atoms with van der Waals surface area (Å²) in [5.74, 6) is 0.512. The summed E-state index contributed by atoms with van der Waals surface area (Å²) >= 11 is 0. The molecule has 0 radical (unpaired) electrons. The van der Waals surface area contributed by atoms with Gasteiger partial charge in [-0.1, -0.05) is 19.3 Å². The number of nitrogens with zero attached hydrogens (tertiary/aromatic N) is 1. The molecule has 1 saturated heterocycles. The molecule has 0 aromatic carbocycles. The molecular weight excluding hydrogens is 256 g/mol. The van der Waals surface area contributed by atoms with Gasteiger partial charge in [0.05, 0.1) is 13.2 Å². The largest absolute Gasteiger partial charge is 0.362 e. The van der Waals surface area contributed by atoms with Crippen molar-refractivity contribution in [2.24, 2.45) is 5.92 Å². The summed E-state index contributed by atoms with van der Waals surface area (Å²) in [5, 5.41) is 3.02. The summed E-state index contributed by atoms with van der Waals surface area (Å²) in [6, 6.07) is 0. The molecule has 2 rings (SSSR count). The Labute approximate surface area is 121 Å². The van der Waals surface area contributed by atoms with Gasteiger partial charge in [0.2, 0.25) is 5.91 Å². The molecular formula is C15H26N2O3. The molecule has 0 aromatic heterocycles. The third-order valence-corrected chi connectivity index (χ3v) is 4.48. The van der Waals surface area contributed by atoms with Crippen LogP contribution < -0.4 is 5.32 Å². The first-order valence-electron chi connectivity index (χ1n) is 7.69. The van der Waals surface area contributed by atoms with E-state index in [0.29, 0.717) is 25.6 Å². The highest BCUT2D eigenvalue weighted by molar-refractivity contribution is 5.86. The van der Waals surface area contributed by atoms with Crippen LogP contribution in [-0.4, -0.2) is 48.6 Å². The lowest BCUT2D eigenvalue weighted by Gasteiger charge is -2.39. The molecule has 0 unspecified atom stereocenters. The minimum Gasteiger partial charge on any atom is -0.362 e. The average Bonchev–Trinajstić information content (AvgIpc) is 2.45. The zero-order valence-corrected chi connectivity index (χ0v) is 12.6. The molecule has 114 valence electrons. The lowest BCUT2D eigenvalue weighted by Crippen LogP contribution is -2.59. The zero-order chi connectivity index (χ0) is 14.6. The van der Waals surface area contributed by atoms with Gasteiger partial charge in [-0.2, -0.15) is 0 Å². The standard InChI is InChI=1S/C15H26N2O3/c1-12(18)17-8-9-20-15(2,11-17)14(19)16-10-13-6-4-3-5-7-13/h13H,3-11H2,1-2H3,(H,16,19)/t15-/m0/s1. The van der Waals surface area contributed by atoms with Gasteiger partial charge in [0, 0.05) is 20.0 Å². The van der Waals surface area contributed by atoms with E-state index in [9.17, 15) is 9.59 Å². The number of amides is 2. The summed E-state index contributed by atoms with van der Waals surface area (Å²) in [6.45, 7) is 5.38. The number of carbonyl (C=O) groups is 2. The lowest BCUT2D eigenvalue weighted by molar-refractivity contribution is -0.162. The Hall–Kier alpha value is -1.10. The van der Waals surface area contributed by atoms with Crippen molar-refractivity contribution in [3.8, 4) is 0 Å². The highest BCUT2D eigenvalue weighted by Gasteiger charge is 2.40. The summed E-state index contributed by atoms with van der Waals surface area (Å²) in [7, 11) is 0. The summed E-state index contributed by atoms with van der Waals surface area (Å²) in [6.07, 6.45) is 6.27. The third kappa shape index (κ3) is 3.72. The van der Waals surface area contributed by atoms with Gasteiger partial charge in [-0.15, -0.1) is 0 Å². The van der Waals surface area contributed by atoms with E-state index in [4.69, 9.17) is 4.74 Å². The maximum atomic E-state index is 12.4. The van der Waals surface area contributed by atoms with Gasteiger partial charge in [-0.3, -0.25) is 9.59 Å². The van der Waals surface area contributed by atoms with E-state index in [-0.39, 0.29) is 11.8 Å². The number of nitrogens with one attached hydrogen (secondary N) is 1. The molecule has 1 atom stereocenters. The van der Waals surface area contributed by atoms with E-state index in [2.05, 4.69) is 5.32 Å². The topological polar surface area (TPSA) is 58.6 Å². The molecule has 1 heterocycles. The average molecular weight is 282 g/mol. The lowest BCUT2D eigenvalue weighted by atomic mass is 9.89. The summed E-state index contributed by atoms with van der Waals surface area (Å²) in [4.78, 5) is 25.5. The molecule has 2 amide bonds. The Bertz CT molecular complexity index is 366. The molecule has 0 aromatic rings. The highest BCUT2D eigenvalue weighted by Crippen LogP contribution is 2.23. The van der Waals surface area contributed by atoms with Crippen LogP contribution in [0.15, 0.2) is 0 Å². The molecule has 1 aliphatic carbocycles. The van der Waals surface area contributed by atoms with Gasteiger partial charge < -0.3 is 15.0 Å². The van der Waals surface area contributed by atoms with Gasteiger partial charge >= 0.3 is 0 Å². The molecule has 2 fully saturated rings. The van der Waals surface area contributed by atoms with Gasteiger partial charge in [-0.05, 0) is 25.7 Å². The van der Waals surface area contributed by atoms with E-state index in [1.165, 1.54) is 39.0 Å². The second-order valence-corrected chi connectivity index (χ2v) is 6.23. The molecule has 1 aliphatic heterocycles. The van der Waals surface area contributed by atoms with Crippen LogP contribution >= 0.6 is 0 Å². The monoisotopic (exact) mass is 282 g/mol. The maximum Gasteiger partial charge on any atom is 0.253 e. The van der Waals surface area contributed by atoms with Gasteiger partial charge in [0.25, 0.3) is 5.91 Å². The van der Waals surface area contributed by atoms with Crippen LogP contribution in [0.2, 0.25) is 0 Å². The van der Waals surface area contributed by atoms with Gasteiger partial charge in [-0.25, -0.2) is 0 Å². The Morgan fingerprint density at radius 1 is 1.30 bits per heavy atom. The Kier molecular flexibility index (Phi) is 5.02. The Morgan fingerprint density at radius 3 is 2.65 bits per heavy atom. The molecule has 0 spiro atoms. The predicted octanol–water partition coefficient (Wildman–Crippen LogP) is 1.32. The van der Waals surface area contributed by atoms with Crippen LogP contribution in [0.5, 0.6) is 0 Å². The predicted molar refractivity (Wildman–Crippen MR) is 76.2 cm³/mol. The number of rotatable bonds is 3. The smallest absolute Gasteiger partial charge is 0.253 e. The van der Waals surface area contributed by atoms with Crippen LogP contribution in [0.25, 0.3) is 0 Å². The van der Waals surface area contributed by atoms with Crippen molar-refractivity contribution >= 4 is 11.8 Å². The SMILES string of the molecule is CC(=O)N1CCO[C@](C)(C(=O)NCC2CCCCC2)C1. The molecule has 2 aliphatic rings. The number of ether oxygens (including phenoxy) is 1. The number of hydrogen-bond donors (Lipinski definition) is 1. The van der Waals surface area contributed by atoms with Crippen molar-refractivity contribution in [3.05, 3.63) is 0 Å². The van der Waals surface area contributed by atoms with E-state index < -0.39 is 5.60 Å². The second kappa shape index (κ2) is 6.57. The molecule has 1 N–H and O–H groups in total. The molecule has 5 nitrogen and oxygen atoms in total.